The number of phenolic OH excluding ortho intramolecular Hbond substituents is 2. The second-order valence-electron chi connectivity index (χ2n) is 6.88. The van der Waals surface area contributed by atoms with Crippen molar-refractivity contribution < 1.29 is 10.2 Å². The minimum Gasteiger partial charge on any atom is -0.504 e. The molecule has 3 nitrogen and oxygen atoms in total. The van der Waals surface area contributed by atoms with E-state index in [1.165, 1.54) is 17.2 Å². The molecule has 4 aromatic rings. The molecule has 0 fully saturated rings. The molecule has 154 valence electrons. The van der Waals surface area contributed by atoms with Crippen molar-refractivity contribution >= 4 is 30.0 Å². The van der Waals surface area contributed by atoms with Crippen LogP contribution in [0.5, 0.6) is 11.5 Å². The van der Waals surface area contributed by atoms with Gasteiger partial charge in [0.15, 0.2) is 11.5 Å². The molecule has 3 heteroatoms. The third-order valence-corrected chi connectivity index (χ3v) is 4.48. The van der Waals surface area contributed by atoms with Crippen LogP contribution in [0, 0.1) is 0 Å². The van der Waals surface area contributed by atoms with E-state index < -0.39 is 0 Å². The molecule has 4 rings (SSSR count). The van der Waals surface area contributed by atoms with Crippen LogP contribution in [0.1, 0.15) is 22.3 Å². The number of phenols is 2. The molecule has 0 radical (unpaired) electrons. The van der Waals surface area contributed by atoms with Crippen LogP contribution in [0.2, 0.25) is 0 Å². The molecule has 0 heterocycles. The number of aromatic hydroxyl groups is 2. The summed E-state index contributed by atoms with van der Waals surface area (Å²) in [6.07, 6.45) is 7.97. The van der Waals surface area contributed by atoms with Crippen LogP contribution in [-0.4, -0.2) is 10.2 Å². The average molecular weight is 408 g/mol. The molecule has 4 aromatic carbocycles. The van der Waals surface area contributed by atoms with Gasteiger partial charge in [-0.15, -0.1) is 0 Å². The maximum atomic E-state index is 9.41. The number of hydrogen-bond acceptors (Lipinski definition) is 3. The van der Waals surface area contributed by atoms with Gasteiger partial charge in [-0.25, -0.2) is 0 Å². The van der Waals surface area contributed by atoms with Crippen molar-refractivity contribution in [3.63, 3.8) is 0 Å². The molecule has 31 heavy (non-hydrogen) atoms. The van der Waals surface area contributed by atoms with E-state index >= 15 is 0 Å². The van der Waals surface area contributed by atoms with Gasteiger partial charge < -0.3 is 15.9 Å². The summed E-state index contributed by atoms with van der Waals surface area (Å²) < 4.78 is 0. The molecule has 4 N–H and O–H groups in total. The van der Waals surface area contributed by atoms with Crippen LogP contribution in [0.3, 0.4) is 0 Å². The van der Waals surface area contributed by atoms with E-state index in [4.69, 9.17) is 5.73 Å². The Balaban J connectivity index is 0.000000179. The Morgan fingerprint density at radius 3 is 1.19 bits per heavy atom. The fourth-order valence-corrected chi connectivity index (χ4v) is 2.84. The third kappa shape index (κ3) is 6.94. The maximum Gasteiger partial charge on any atom is 0.181 e. The van der Waals surface area contributed by atoms with Crippen molar-refractivity contribution in [2.75, 3.05) is 5.73 Å². The summed E-state index contributed by atoms with van der Waals surface area (Å²) in [5, 5.41) is 18.7. The Kier molecular flexibility index (Phi) is 7.67. The van der Waals surface area contributed by atoms with Crippen molar-refractivity contribution in [2.24, 2.45) is 0 Å². The molecule has 0 saturated carbocycles. The number of benzene rings is 4. The van der Waals surface area contributed by atoms with Crippen molar-refractivity contribution in [1.82, 2.24) is 0 Å². The van der Waals surface area contributed by atoms with Crippen LogP contribution >= 0.6 is 0 Å². The normalized spacial score (nSPS) is 10.7. The average Bonchev–Trinajstić information content (AvgIpc) is 2.82. The minimum atomic E-state index is -0.276. The maximum absolute atomic E-state index is 9.41. The first-order valence-electron chi connectivity index (χ1n) is 9.94. The van der Waals surface area contributed by atoms with Gasteiger partial charge in [0, 0.05) is 0 Å². The highest BCUT2D eigenvalue weighted by molar-refractivity contribution is 5.74. The van der Waals surface area contributed by atoms with E-state index in [-0.39, 0.29) is 17.2 Å². The lowest BCUT2D eigenvalue weighted by molar-refractivity contribution is 0.405. The summed E-state index contributed by atoms with van der Waals surface area (Å²) in [7, 11) is 0. The van der Waals surface area contributed by atoms with Gasteiger partial charge in [0.2, 0.25) is 0 Å². The summed E-state index contributed by atoms with van der Waals surface area (Å²) in [6.45, 7) is 0. The molecule has 0 aliphatic rings. The number of hydrogen-bond donors (Lipinski definition) is 3. The fourth-order valence-electron chi connectivity index (χ4n) is 2.84. The molecule has 0 atom stereocenters. The topological polar surface area (TPSA) is 66.5 Å². The first-order chi connectivity index (χ1) is 15.1. The van der Waals surface area contributed by atoms with Crippen LogP contribution in [0.15, 0.2) is 103 Å². The zero-order valence-electron chi connectivity index (χ0n) is 17.1. The Bertz CT molecular complexity index is 1070. The minimum absolute atomic E-state index is 0.165. The van der Waals surface area contributed by atoms with Gasteiger partial charge in [-0.05, 0) is 34.4 Å². The van der Waals surface area contributed by atoms with Gasteiger partial charge in [0.1, 0.15) is 0 Å². The summed E-state index contributed by atoms with van der Waals surface area (Å²) in [5.41, 5.74) is 9.97. The molecule has 0 spiro atoms. The number of anilines is 1. The van der Waals surface area contributed by atoms with Gasteiger partial charge in [0.25, 0.3) is 0 Å². The van der Waals surface area contributed by atoms with E-state index in [1.807, 2.05) is 78.9 Å². The van der Waals surface area contributed by atoms with E-state index in [9.17, 15) is 10.2 Å². The van der Waals surface area contributed by atoms with Gasteiger partial charge >= 0.3 is 0 Å². The molecule has 0 aliphatic carbocycles. The molecule has 0 bridgehead atoms. The van der Waals surface area contributed by atoms with Gasteiger partial charge in [-0.1, -0.05) is 115 Å². The highest BCUT2D eigenvalue weighted by Crippen LogP contribution is 2.32. The number of rotatable bonds is 4. The highest BCUT2D eigenvalue weighted by atomic mass is 16.3. The van der Waals surface area contributed by atoms with E-state index in [0.29, 0.717) is 0 Å². The van der Waals surface area contributed by atoms with Crippen LogP contribution in [-0.2, 0) is 0 Å². The summed E-state index contributed by atoms with van der Waals surface area (Å²) in [5.74, 6) is -0.487. The van der Waals surface area contributed by atoms with Crippen LogP contribution in [0.25, 0.3) is 24.3 Å². The summed E-state index contributed by atoms with van der Waals surface area (Å²) >= 11 is 0. The van der Waals surface area contributed by atoms with Crippen LogP contribution in [0.4, 0.5) is 5.69 Å². The monoisotopic (exact) mass is 407 g/mol. The van der Waals surface area contributed by atoms with Crippen molar-refractivity contribution in [1.29, 1.82) is 0 Å². The number of nitrogen functional groups attached to an aromatic ring is 1. The lowest BCUT2D eigenvalue weighted by atomic mass is 10.1. The van der Waals surface area contributed by atoms with Crippen molar-refractivity contribution in [3.8, 4) is 11.5 Å². The first-order valence-corrected chi connectivity index (χ1v) is 9.94. The third-order valence-electron chi connectivity index (χ3n) is 4.48. The largest absolute Gasteiger partial charge is 0.504 e. The first kappa shape index (κ1) is 21.5. The molecule has 0 saturated heterocycles. The van der Waals surface area contributed by atoms with Crippen molar-refractivity contribution in [2.45, 2.75) is 0 Å². The molecule has 0 unspecified atom stereocenters. The quantitative estimate of drug-likeness (QED) is 0.200. The molecular formula is C28H25NO2. The SMILES string of the molecule is C(=Cc1ccccc1)c1ccccc1.Nc1cc(C=Cc2ccccc2)cc(O)c1O. The Morgan fingerprint density at radius 1 is 0.484 bits per heavy atom. The number of nitrogens with two attached hydrogens (primary N) is 1. The second-order valence-corrected chi connectivity index (χ2v) is 6.88. The standard InChI is InChI=1S/C14H13NO2.C14H12/c15-12-8-11(9-13(16)14(12)17)7-6-10-4-2-1-3-5-10;1-3-7-13(8-4-1)11-12-14-9-5-2-6-10-14/h1-9,16-17H,15H2;1-12H. The predicted molar refractivity (Wildman–Crippen MR) is 131 cm³/mol. The molecule has 0 aromatic heterocycles. The van der Waals surface area contributed by atoms with Crippen molar-refractivity contribution in [3.05, 3.63) is 125 Å². The van der Waals surface area contributed by atoms with E-state index in [1.54, 1.807) is 6.07 Å². The van der Waals surface area contributed by atoms with E-state index in [0.717, 1.165) is 11.1 Å². The van der Waals surface area contributed by atoms with Gasteiger partial charge in [-0.3, -0.25) is 0 Å². The Hall–Kier alpha value is -4.24. The highest BCUT2D eigenvalue weighted by Gasteiger charge is 2.04. The predicted octanol–water partition coefficient (Wildman–Crippen LogP) is 6.71. The molecule has 0 aliphatic heterocycles. The van der Waals surface area contributed by atoms with Gasteiger partial charge in [-0.2, -0.15) is 0 Å². The zero-order valence-corrected chi connectivity index (χ0v) is 17.1. The second kappa shape index (κ2) is 11.1. The zero-order chi connectivity index (χ0) is 21.9. The van der Waals surface area contributed by atoms with Crippen LogP contribution < -0.4 is 5.73 Å². The summed E-state index contributed by atoms with van der Waals surface area (Å²) in [6, 6.07) is 33.5. The lowest BCUT2D eigenvalue weighted by Crippen LogP contribution is -1.86. The Morgan fingerprint density at radius 2 is 0.839 bits per heavy atom. The Labute approximate surface area is 183 Å². The fraction of sp³-hybridized carbons (Fsp3) is 0. The van der Waals surface area contributed by atoms with Gasteiger partial charge in [0.05, 0.1) is 5.69 Å². The van der Waals surface area contributed by atoms with E-state index in [2.05, 4.69) is 36.4 Å². The molecule has 0 amide bonds. The lowest BCUT2D eigenvalue weighted by Gasteiger charge is -2.03. The molecular weight excluding hydrogens is 382 g/mol. The smallest absolute Gasteiger partial charge is 0.181 e. The summed E-state index contributed by atoms with van der Waals surface area (Å²) in [4.78, 5) is 0.